The fourth-order valence-corrected chi connectivity index (χ4v) is 2.09. The van der Waals surface area contributed by atoms with Gasteiger partial charge in [-0.2, -0.15) is 0 Å². The SMILES string of the molecule is Cc1cccc(C(=O)c2ccsc2N)c1. The van der Waals surface area contributed by atoms with Crippen LogP contribution in [0.4, 0.5) is 5.00 Å². The van der Waals surface area contributed by atoms with E-state index in [0.717, 1.165) is 5.56 Å². The molecule has 76 valence electrons. The Morgan fingerprint density at radius 1 is 1.33 bits per heavy atom. The van der Waals surface area contributed by atoms with Crippen molar-refractivity contribution in [3.8, 4) is 0 Å². The average Bonchev–Trinajstić information content (AvgIpc) is 2.63. The van der Waals surface area contributed by atoms with Gasteiger partial charge in [0.05, 0.1) is 10.6 Å². The molecule has 0 saturated heterocycles. The normalized spacial score (nSPS) is 10.2. The predicted octanol–water partition coefficient (Wildman–Crippen LogP) is 2.87. The predicted molar refractivity (Wildman–Crippen MR) is 63.3 cm³/mol. The van der Waals surface area contributed by atoms with Crippen molar-refractivity contribution in [2.75, 3.05) is 5.73 Å². The molecular formula is C12H11NOS. The van der Waals surface area contributed by atoms with Crippen molar-refractivity contribution in [2.45, 2.75) is 6.92 Å². The van der Waals surface area contributed by atoms with E-state index in [1.54, 1.807) is 6.07 Å². The number of rotatable bonds is 2. The van der Waals surface area contributed by atoms with E-state index >= 15 is 0 Å². The molecule has 0 saturated carbocycles. The van der Waals surface area contributed by atoms with Gasteiger partial charge in [0.1, 0.15) is 0 Å². The van der Waals surface area contributed by atoms with Gasteiger partial charge < -0.3 is 5.73 Å². The Morgan fingerprint density at radius 3 is 2.73 bits per heavy atom. The van der Waals surface area contributed by atoms with Crippen LogP contribution in [0.2, 0.25) is 0 Å². The molecule has 1 aromatic heterocycles. The molecule has 0 aliphatic heterocycles. The Labute approximate surface area is 92.4 Å². The standard InChI is InChI=1S/C12H11NOS/c1-8-3-2-4-9(7-8)11(14)10-5-6-15-12(10)13/h2-7H,13H2,1H3. The third-order valence-electron chi connectivity index (χ3n) is 2.22. The lowest BCUT2D eigenvalue weighted by atomic mass is 10.0. The number of thiophene rings is 1. The number of anilines is 1. The van der Waals surface area contributed by atoms with Crippen LogP contribution in [-0.4, -0.2) is 5.78 Å². The van der Waals surface area contributed by atoms with Crippen molar-refractivity contribution in [1.82, 2.24) is 0 Å². The van der Waals surface area contributed by atoms with Crippen LogP contribution in [0.3, 0.4) is 0 Å². The molecule has 0 aliphatic carbocycles. The van der Waals surface area contributed by atoms with E-state index in [1.165, 1.54) is 11.3 Å². The van der Waals surface area contributed by atoms with E-state index in [-0.39, 0.29) is 5.78 Å². The fraction of sp³-hybridized carbons (Fsp3) is 0.0833. The summed E-state index contributed by atoms with van der Waals surface area (Å²) in [5.74, 6) is -0.00236. The van der Waals surface area contributed by atoms with Gasteiger partial charge in [0.15, 0.2) is 5.78 Å². The number of ketones is 1. The van der Waals surface area contributed by atoms with E-state index in [9.17, 15) is 4.79 Å². The van der Waals surface area contributed by atoms with Crippen LogP contribution in [0.5, 0.6) is 0 Å². The second kappa shape index (κ2) is 3.87. The number of carbonyl (C=O) groups excluding carboxylic acids is 1. The lowest BCUT2D eigenvalue weighted by Crippen LogP contribution is -2.02. The Morgan fingerprint density at radius 2 is 2.13 bits per heavy atom. The van der Waals surface area contributed by atoms with Crippen molar-refractivity contribution in [3.05, 3.63) is 52.4 Å². The maximum atomic E-state index is 12.0. The number of carbonyl (C=O) groups is 1. The van der Waals surface area contributed by atoms with Gasteiger partial charge >= 0.3 is 0 Å². The first kappa shape index (κ1) is 9.93. The minimum Gasteiger partial charge on any atom is -0.390 e. The van der Waals surface area contributed by atoms with Crippen molar-refractivity contribution in [3.63, 3.8) is 0 Å². The molecule has 0 bridgehead atoms. The zero-order valence-corrected chi connectivity index (χ0v) is 9.17. The Kier molecular flexibility index (Phi) is 2.56. The molecule has 2 nitrogen and oxygen atoms in total. The maximum absolute atomic E-state index is 12.0. The highest BCUT2D eigenvalue weighted by atomic mass is 32.1. The smallest absolute Gasteiger partial charge is 0.195 e. The highest BCUT2D eigenvalue weighted by Crippen LogP contribution is 2.22. The van der Waals surface area contributed by atoms with E-state index < -0.39 is 0 Å². The first-order chi connectivity index (χ1) is 7.18. The largest absolute Gasteiger partial charge is 0.390 e. The van der Waals surface area contributed by atoms with Crippen LogP contribution in [-0.2, 0) is 0 Å². The molecule has 0 radical (unpaired) electrons. The molecule has 0 aliphatic rings. The number of hydrogen-bond donors (Lipinski definition) is 1. The van der Waals surface area contributed by atoms with E-state index in [1.807, 2.05) is 36.6 Å². The van der Waals surface area contributed by atoms with Gasteiger partial charge in [0, 0.05) is 5.56 Å². The van der Waals surface area contributed by atoms with Crippen molar-refractivity contribution in [2.24, 2.45) is 0 Å². The molecule has 0 unspecified atom stereocenters. The van der Waals surface area contributed by atoms with Crippen LogP contribution in [0.15, 0.2) is 35.7 Å². The third kappa shape index (κ3) is 1.92. The molecule has 0 atom stereocenters. The van der Waals surface area contributed by atoms with E-state index in [0.29, 0.717) is 16.1 Å². The van der Waals surface area contributed by atoms with Crippen LogP contribution < -0.4 is 5.73 Å². The van der Waals surface area contributed by atoms with Crippen LogP contribution in [0.1, 0.15) is 21.5 Å². The third-order valence-corrected chi connectivity index (χ3v) is 2.97. The number of benzene rings is 1. The van der Waals surface area contributed by atoms with E-state index in [4.69, 9.17) is 5.73 Å². The molecule has 1 heterocycles. The molecule has 15 heavy (non-hydrogen) atoms. The lowest BCUT2D eigenvalue weighted by molar-refractivity contribution is 0.104. The quantitative estimate of drug-likeness (QED) is 0.786. The topological polar surface area (TPSA) is 43.1 Å². The zero-order valence-electron chi connectivity index (χ0n) is 8.36. The molecule has 0 spiro atoms. The van der Waals surface area contributed by atoms with E-state index in [2.05, 4.69) is 0 Å². The molecule has 1 aromatic carbocycles. The molecule has 0 fully saturated rings. The highest BCUT2D eigenvalue weighted by Gasteiger charge is 2.12. The first-order valence-corrected chi connectivity index (χ1v) is 5.51. The Balaban J connectivity index is 2.41. The summed E-state index contributed by atoms with van der Waals surface area (Å²) in [4.78, 5) is 12.0. The molecule has 2 rings (SSSR count). The van der Waals surface area contributed by atoms with Crippen LogP contribution in [0.25, 0.3) is 0 Å². The molecule has 3 heteroatoms. The molecule has 2 N–H and O–H groups in total. The van der Waals surface area contributed by atoms with Crippen LogP contribution >= 0.6 is 11.3 Å². The van der Waals surface area contributed by atoms with Crippen molar-refractivity contribution in [1.29, 1.82) is 0 Å². The highest BCUT2D eigenvalue weighted by molar-refractivity contribution is 7.14. The van der Waals surface area contributed by atoms with Gasteiger partial charge in [-0.25, -0.2) is 0 Å². The number of nitrogen functional groups attached to an aromatic ring is 1. The summed E-state index contributed by atoms with van der Waals surface area (Å²) in [6.07, 6.45) is 0. The second-order valence-corrected chi connectivity index (χ2v) is 4.34. The maximum Gasteiger partial charge on any atom is 0.195 e. The summed E-state index contributed by atoms with van der Waals surface area (Å²) >= 11 is 1.39. The summed E-state index contributed by atoms with van der Waals surface area (Å²) in [5, 5.41) is 2.42. The molecule has 2 aromatic rings. The number of hydrogen-bond acceptors (Lipinski definition) is 3. The lowest BCUT2D eigenvalue weighted by Gasteiger charge is -2.00. The van der Waals surface area contributed by atoms with Gasteiger partial charge in [-0.05, 0) is 24.4 Å². The molecular weight excluding hydrogens is 206 g/mol. The molecule has 0 amide bonds. The van der Waals surface area contributed by atoms with Crippen molar-refractivity contribution < 1.29 is 4.79 Å². The van der Waals surface area contributed by atoms with Gasteiger partial charge in [0.2, 0.25) is 0 Å². The Bertz CT molecular complexity index is 502. The number of nitrogens with two attached hydrogens (primary N) is 1. The van der Waals surface area contributed by atoms with Gasteiger partial charge in [-0.3, -0.25) is 4.79 Å². The minimum absolute atomic E-state index is 0.00236. The monoisotopic (exact) mass is 217 g/mol. The second-order valence-electron chi connectivity index (χ2n) is 3.40. The van der Waals surface area contributed by atoms with Gasteiger partial charge in [-0.15, -0.1) is 11.3 Å². The van der Waals surface area contributed by atoms with Crippen LogP contribution in [0, 0.1) is 6.92 Å². The fourth-order valence-electron chi connectivity index (χ4n) is 1.45. The summed E-state index contributed by atoms with van der Waals surface area (Å²) in [6.45, 7) is 1.97. The summed E-state index contributed by atoms with van der Waals surface area (Å²) in [5.41, 5.74) is 8.09. The Hall–Kier alpha value is -1.61. The first-order valence-electron chi connectivity index (χ1n) is 4.63. The summed E-state index contributed by atoms with van der Waals surface area (Å²) < 4.78 is 0. The summed E-state index contributed by atoms with van der Waals surface area (Å²) in [7, 11) is 0. The minimum atomic E-state index is -0.00236. The van der Waals surface area contributed by atoms with Crippen molar-refractivity contribution >= 4 is 22.1 Å². The zero-order chi connectivity index (χ0) is 10.8. The van der Waals surface area contributed by atoms with Gasteiger partial charge in [0.25, 0.3) is 0 Å². The van der Waals surface area contributed by atoms with Gasteiger partial charge in [-0.1, -0.05) is 23.8 Å². The summed E-state index contributed by atoms with van der Waals surface area (Å²) in [6, 6.07) is 9.30. The number of aryl methyl sites for hydroxylation is 1. The average molecular weight is 217 g/mol.